The van der Waals surface area contributed by atoms with E-state index in [1.807, 2.05) is 0 Å². The molecule has 1 heterocycles. The van der Waals surface area contributed by atoms with Crippen LogP contribution in [0.25, 0.3) is 10.4 Å². The molecule has 0 radical (unpaired) electrons. The zero-order valence-corrected chi connectivity index (χ0v) is 10.3. The molecule has 1 atom stereocenters. The summed E-state index contributed by atoms with van der Waals surface area (Å²) in [5.74, 6) is -12.0. The van der Waals surface area contributed by atoms with Crippen molar-refractivity contribution in [2.45, 2.75) is 6.42 Å². The first-order valence-corrected chi connectivity index (χ1v) is 5.71. The minimum absolute atomic E-state index is 0.117. The van der Waals surface area contributed by atoms with E-state index in [1.54, 1.807) is 0 Å². The molecule has 10 heteroatoms. The van der Waals surface area contributed by atoms with Gasteiger partial charge >= 0.3 is 0 Å². The summed E-state index contributed by atoms with van der Waals surface area (Å²) in [5, 5.41) is 3.22. The van der Waals surface area contributed by atoms with Crippen LogP contribution < -0.4 is 4.90 Å². The Morgan fingerprint density at radius 3 is 2.14 bits per heavy atom. The van der Waals surface area contributed by atoms with Crippen LogP contribution in [-0.2, 0) is 4.79 Å². The highest BCUT2D eigenvalue weighted by molar-refractivity contribution is 5.96. The van der Waals surface area contributed by atoms with Crippen molar-refractivity contribution in [2.75, 3.05) is 18.0 Å². The van der Waals surface area contributed by atoms with Gasteiger partial charge in [0.25, 0.3) is 0 Å². The van der Waals surface area contributed by atoms with Crippen molar-refractivity contribution in [2.24, 2.45) is 11.0 Å². The van der Waals surface area contributed by atoms with Gasteiger partial charge in [0, 0.05) is 24.4 Å². The Morgan fingerprint density at radius 1 is 1.10 bits per heavy atom. The fraction of sp³-hybridized carbons (Fsp3) is 0.364. The predicted molar refractivity (Wildman–Crippen MR) is 60.7 cm³/mol. The molecule has 1 aromatic rings. The second-order valence-electron chi connectivity index (χ2n) is 4.41. The molecule has 0 N–H and O–H groups in total. The van der Waals surface area contributed by atoms with Gasteiger partial charge < -0.3 is 4.90 Å². The van der Waals surface area contributed by atoms with Crippen LogP contribution in [0.2, 0.25) is 0 Å². The van der Waals surface area contributed by atoms with E-state index >= 15 is 0 Å². The number of anilines is 1. The first-order chi connectivity index (χ1) is 9.88. The van der Waals surface area contributed by atoms with Crippen molar-refractivity contribution < 1.29 is 26.7 Å². The van der Waals surface area contributed by atoms with Gasteiger partial charge in [-0.1, -0.05) is 5.11 Å². The SMILES string of the molecule is [N-]=[N+]=NCC1CC(=O)N(c2c(F)c(F)c(F)c(F)c2F)C1. The number of halogens is 5. The zero-order valence-electron chi connectivity index (χ0n) is 10.3. The molecule has 1 aromatic carbocycles. The number of rotatable bonds is 3. The van der Waals surface area contributed by atoms with Crippen LogP contribution in [0.5, 0.6) is 0 Å². The van der Waals surface area contributed by atoms with Gasteiger partial charge in [-0.15, -0.1) is 0 Å². The van der Waals surface area contributed by atoms with Gasteiger partial charge in [-0.25, -0.2) is 22.0 Å². The van der Waals surface area contributed by atoms with Crippen molar-refractivity contribution in [1.29, 1.82) is 0 Å². The van der Waals surface area contributed by atoms with E-state index in [0.717, 1.165) is 0 Å². The maximum Gasteiger partial charge on any atom is 0.227 e. The Hall–Kier alpha value is -2.35. The summed E-state index contributed by atoms with van der Waals surface area (Å²) in [6.07, 6.45) is -0.210. The Kier molecular flexibility index (Phi) is 3.99. The van der Waals surface area contributed by atoms with Gasteiger partial charge in [-0.05, 0) is 11.4 Å². The van der Waals surface area contributed by atoms with Crippen molar-refractivity contribution in [3.05, 3.63) is 39.5 Å². The molecule has 1 saturated heterocycles. The van der Waals surface area contributed by atoms with Crippen LogP contribution in [0.4, 0.5) is 27.6 Å². The third-order valence-corrected chi connectivity index (χ3v) is 3.06. The minimum atomic E-state index is -2.29. The molecule has 1 fully saturated rings. The lowest BCUT2D eigenvalue weighted by molar-refractivity contribution is -0.117. The predicted octanol–water partition coefficient (Wildman–Crippen LogP) is 3.05. The fourth-order valence-electron chi connectivity index (χ4n) is 2.10. The Labute approximate surface area is 114 Å². The van der Waals surface area contributed by atoms with Crippen LogP contribution >= 0.6 is 0 Å². The van der Waals surface area contributed by atoms with Crippen LogP contribution in [0, 0.1) is 35.0 Å². The van der Waals surface area contributed by atoms with Gasteiger partial charge in [0.05, 0.1) is 0 Å². The van der Waals surface area contributed by atoms with Gasteiger partial charge in [-0.2, -0.15) is 0 Å². The molecular weight excluding hydrogens is 299 g/mol. The summed E-state index contributed by atoms with van der Waals surface area (Å²) < 4.78 is 66.4. The molecule has 0 saturated carbocycles. The molecule has 1 amide bonds. The van der Waals surface area contributed by atoms with Crippen LogP contribution in [0.15, 0.2) is 5.11 Å². The summed E-state index contributed by atoms with van der Waals surface area (Å²) in [7, 11) is 0. The number of azide groups is 1. The highest BCUT2D eigenvalue weighted by Gasteiger charge is 2.37. The summed E-state index contributed by atoms with van der Waals surface area (Å²) in [5.41, 5.74) is 6.89. The first-order valence-electron chi connectivity index (χ1n) is 5.71. The summed E-state index contributed by atoms with van der Waals surface area (Å²) in [6.45, 7) is -0.412. The number of amides is 1. The normalized spacial score (nSPS) is 18.0. The van der Waals surface area contributed by atoms with Crippen molar-refractivity contribution in [3.8, 4) is 0 Å². The van der Waals surface area contributed by atoms with E-state index in [0.29, 0.717) is 4.90 Å². The highest BCUT2D eigenvalue weighted by atomic mass is 19.2. The molecule has 2 rings (SSSR count). The van der Waals surface area contributed by atoms with E-state index < -0.39 is 46.6 Å². The van der Waals surface area contributed by atoms with Gasteiger partial charge in [-0.3, -0.25) is 4.79 Å². The standard InChI is InChI=1S/C11H7F5N4O/c12-6-7(13)9(15)11(10(16)8(6)14)20-3-4(1-5(20)21)2-18-19-17/h4H,1-3H2. The number of hydrogen-bond donors (Lipinski definition) is 0. The second kappa shape index (κ2) is 5.57. The molecule has 1 unspecified atom stereocenters. The zero-order chi connectivity index (χ0) is 15.7. The lowest BCUT2D eigenvalue weighted by Gasteiger charge is -2.18. The average molecular weight is 306 g/mol. The molecule has 0 spiro atoms. The Bertz CT molecular complexity index is 629. The summed E-state index contributed by atoms with van der Waals surface area (Å²) in [4.78, 5) is 14.6. The highest BCUT2D eigenvalue weighted by Crippen LogP contribution is 2.34. The maximum absolute atomic E-state index is 13.6. The molecule has 1 aliphatic rings. The van der Waals surface area contributed by atoms with Crippen molar-refractivity contribution in [1.82, 2.24) is 0 Å². The average Bonchev–Trinajstić information content (AvgIpc) is 2.82. The summed E-state index contributed by atoms with van der Waals surface area (Å²) in [6, 6.07) is 0. The smallest absolute Gasteiger partial charge is 0.227 e. The van der Waals surface area contributed by atoms with Crippen LogP contribution in [0.3, 0.4) is 0 Å². The van der Waals surface area contributed by atoms with Gasteiger partial charge in [0.1, 0.15) is 5.69 Å². The largest absolute Gasteiger partial charge is 0.307 e. The molecular formula is C11H7F5N4O. The lowest BCUT2D eigenvalue weighted by atomic mass is 10.1. The third kappa shape index (κ3) is 2.49. The van der Waals surface area contributed by atoms with Crippen LogP contribution in [0.1, 0.15) is 6.42 Å². The van der Waals surface area contributed by atoms with Gasteiger partial charge in [0.15, 0.2) is 23.3 Å². The molecule has 112 valence electrons. The maximum atomic E-state index is 13.6. The van der Waals surface area contributed by atoms with E-state index in [-0.39, 0.29) is 19.5 Å². The van der Waals surface area contributed by atoms with Crippen molar-refractivity contribution >= 4 is 11.6 Å². The fourth-order valence-corrected chi connectivity index (χ4v) is 2.10. The quantitative estimate of drug-likeness (QED) is 0.211. The van der Waals surface area contributed by atoms with E-state index in [1.165, 1.54) is 0 Å². The van der Waals surface area contributed by atoms with Gasteiger partial charge in [0.2, 0.25) is 11.7 Å². The monoisotopic (exact) mass is 306 g/mol. The first kappa shape index (κ1) is 15.0. The molecule has 0 aromatic heterocycles. The van der Waals surface area contributed by atoms with Crippen LogP contribution in [-0.4, -0.2) is 19.0 Å². The number of nitrogens with zero attached hydrogens (tertiary/aromatic N) is 4. The molecule has 5 nitrogen and oxygen atoms in total. The van der Waals surface area contributed by atoms with Crippen molar-refractivity contribution in [3.63, 3.8) is 0 Å². The molecule has 21 heavy (non-hydrogen) atoms. The van der Waals surface area contributed by atoms with E-state index in [2.05, 4.69) is 10.0 Å². The number of carbonyl (C=O) groups is 1. The Balaban J connectivity index is 2.43. The molecule has 1 aliphatic heterocycles. The molecule has 0 bridgehead atoms. The number of carbonyl (C=O) groups excluding carboxylic acids is 1. The number of benzene rings is 1. The van der Waals surface area contributed by atoms with E-state index in [4.69, 9.17) is 5.53 Å². The topological polar surface area (TPSA) is 69.1 Å². The van der Waals surface area contributed by atoms with E-state index in [9.17, 15) is 26.7 Å². The minimum Gasteiger partial charge on any atom is -0.307 e. The third-order valence-electron chi connectivity index (χ3n) is 3.06. The number of hydrogen-bond acceptors (Lipinski definition) is 2. The summed E-state index contributed by atoms with van der Waals surface area (Å²) >= 11 is 0. The second-order valence-corrected chi connectivity index (χ2v) is 4.41. The Morgan fingerprint density at radius 2 is 1.62 bits per heavy atom. The molecule has 0 aliphatic carbocycles. The lowest BCUT2D eigenvalue weighted by Crippen LogP contribution is -2.28.